The number of hydrogen-bond donors (Lipinski definition) is 3. The number of rotatable bonds is 25. The molecule has 0 aliphatic heterocycles. The molecule has 3 fully saturated rings. The highest BCUT2D eigenvalue weighted by Crippen LogP contribution is 2.66. The molecule has 2 unspecified atom stereocenters. The molecule has 3 aliphatic carbocycles. The van der Waals surface area contributed by atoms with Crippen LogP contribution in [0.15, 0.2) is 30.3 Å². The number of benzene rings is 1. The van der Waals surface area contributed by atoms with Crippen molar-refractivity contribution >= 4 is 0 Å². The van der Waals surface area contributed by atoms with Crippen LogP contribution < -0.4 is 17.2 Å². The van der Waals surface area contributed by atoms with Gasteiger partial charge in [0, 0.05) is 31.8 Å². The molecule has 52 heavy (non-hydrogen) atoms. The zero-order valence-corrected chi connectivity index (χ0v) is 34.4. The van der Waals surface area contributed by atoms with E-state index in [0.29, 0.717) is 35.7 Å². The average Bonchev–Trinajstić information content (AvgIpc) is 3.51. The second-order valence-corrected chi connectivity index (χ2v) is 17.8. The first-order valence-corrected chi connectivity index (χ1v) is 21.9. The predicted molar refractivity (Wildman–Crippen MR) is 218 cm³/mol. The van der Waals surface area contributed by atoms with Crippen LogP contribution in [0.3, 0.4) is 0 Å². The summed E-state index contributed by atoms with van der Waals surface area (Å²) in [6.45, 7) is 17.1. The molecule has 300 valence electrons. The third-order valence-corrected chi connectivity index (χ3v) is 14.3. The van der Waals surface area contributed by atoms with Crippen LogP contribution in [0.1, 0.15) is 136 Å². The topological polar surface area (TPSA) is 109 Å². The molecule has 8 atom stereocenters. The molecule has 6 N–H and O–H groups in total. The number of ether oxygens (including phenoxy) is 3. The van der Waals surface area contributed by atoms with Crippen molar-refractivity contribution in [1.82, 2.24) is 4.90 Å². The minimum atomic E-state index is 0.146. The Labute approximate surface area is 320 Å². The van der Waals surface area contributed by atoms with E-state index in [2.05, 4.69) is 70.0 Å². The third kappa shape index (κ3) is 11.7. The van der Waals surface area contributed by atoms with Crippen LogP contribution in [0.25, 0.3) is 0 Å². The van der Waals surface area contributed by atoms with E-state index in [-0.39, 0.29) is 23.0 Å². The van der Waals surface area contributed by atoms with E-state index >= 15 is 0 Å². The Kier molecular flexibility index (Phi) is 18.9. The van der Waals surface area contributed by atoms with Gasteiger partial charge in [-0.05, 0) is 177 Å². The first-order chi connectivity index (χ1) is 25.2. The van der Waals surface area contributed by atoms with Crippen molar-refractivity contribution in [2.24, 2.45) is 57.6 Å². The average molecular weight is 727 g/mol. The lowest BCUT2D eigenvalue weighted by Gasteiger charge is -2.60. The van der Waals surface area contributed by atoms with Gasteiger partial charge in [-0.15, -0.1) is 0 Å². The van der Waals surface area contributed by atoms with Gasteiger partial charge >= 0.3 is 0 Å². The second kappa shape index (κ2) is 22.5. The molecule has 3 aliphatic rings. The maximum Gasteiger partial charge on any atom is 0.0637 e. The first kappa shape index (κ1) is 43.7. The minimum absolute atomic E-state index is 0.146. The highest BCUT2D eigenvalue weighted by molar-refractivity contribution is 5.14. The lowest BCUT2D eigenvalue weighted by molar-refractivity contribution is -0.192. The molecular formula is C45H82N4O3. The van der Waals surface area contributed by atoms with Gasteiger partial charge in [0.25, 0.3) is 0 Å². The largest absolute Gasteiger partial charge is 0.378 e. The molecule has 0 bridgehead atoms. The molecular weight excluding hydrogens is 645 g/mol. The summed E-state index contributed by atoms with van der Waals surface area (Å²) in [6.07, 6.45) is 19.4. The molecule has 7 heteroatoms. The molecule has 1 aromatic carbocycles. The highest BCUT2D eigenvalue weighted by atomic mass is 16.5. The fourth-order valence-electron chi connectivity index (χ4n) is 11.3. The molecule has 1 aromatic rings. The number of nitrogens with two attached hydrogens (primary N) is 3. The summed E-state index contributed by atoms with van der Waals surface area (Å²) in [5, 5.41) is 0. The van der Waals surface area contributed by atoms with Crippen molar-refractivity contribution in [3.8, 4) is 0 Å². The van der Waals surface area contributed by atoms with Crippen LogP contribution in [0.5, 0.6) is 0 Å². The quantitative estimate of drug-likeness (QED) is 0.0867. The van der Waals surface area contributed by atoms with Crippen molar-refractivity contribution < 1.29 is 14.2 Å². The monoisotopic (exact) mass is 727 g/mol. The van der Waals surface area contributed by atoms with E-state index in [1.54, 1.807) is 0 Å². The molecule has 0 radical (unpaired) electrons. The molecule has 0 aromatic heterocycles. The van der Waals surface area contributed by atoms with Crippen LogP contribution in [-0.4, -0.2) is 76.3 Å². The van der Waals surface area contributed by atoms with E-state index in [1.807, 2.05) is 0 Å². The van der Waals surface area contributed by atoms with Crippen LogP contribution in [0, 0.1) is 40.4 Å². The molecule has 0 heterocycles. The SMILES string of the molecule is CC[C@@H](OCCCCN)C1[C@@H](C2(C)CCC(OCCCCN)CC2)C[C@H](OCCCCN)C2(C)[C@@H]([C@H](C)CCCN(C)Cc3ccccc3)CC[C@@H]12. The van der Waals surface area contributed by atoms with Gasteiger partial charge in [0.15, 0.2) is 0 Å². The zero-order valence-electron chi connectivity index (χ0n) is 34.4. The van der Waals surface area contributed by atoms with Crippen LogP contribution in [-0.2, 0) is 20.8 Å². The number of hydrogen-bond acceptors (Lipinski definition) is 7. The fraction of sp³-hybridized carbons (Fsp3) is 0.867. The van der Waals surface area contributed by atoms with Crippen molar-refractivity contribution in [2.45, 2.75) is 155 Å². The Balaban J connectivity index is 1.55. The molecule has 4 rings (SSSR count). The standard InChI is InChI=1S/C45H82N4O3/c1-6-41(51-31-14-11-27-47)43-39-21-20-38(35(2)17-16-29-49(5)34-36-18-8-7-9-19-36)45(39,4)42(52-32-15-12-28-48)33-40(43)44(3)24-22-37(23-25-44)50-30-13-10-26-46/h7-9,18-19,35,37-43H,6,10-17,20-34,46-48H2,1-5H3/t35-,37?,38-,39+,40+,41-,42+,43?,44?,45?/m1/s1. The maximum absolute atomic E-state index is 7.18. The van der Waals surface area contributed by atoms with Gasteiger partial charge in [-0.2, -0.15) is 0 Å². The van der Waals surface area contributed by atoms with Crippen LogP contribution in [0.2, 0.25) is 0 Å². The summed E-state index contributed by atoms with van der Waals surface area (Å²) in [5.74, 6) is 3.09. The van der Waals surface area contributed by atoms with E-state index in [9.17, 15) is 0 Å². The van der Waals surface area contributed by atoms with Crippen LogP contribution >= 0.6 is 0 Å². The van der Waals surface area contributed by atoms with Gasteiger partial charge in [0.05, 0.1) is 18.3 Å². The number of fused-ring (bicyclic) bond motifs is 1. The van der Waals surface area contributed by atoms with Gasteiger partial charge in [0.1, 0.15) is 0 Å². The third-order valence-electron chi connectivity index (χ3n) is 14.3. The van der Waals surface area contributed by atoms with Crippen LogP contribution in [0.4, 0.5) is 0 Å². The van der Waals surface area contributed by atoms with Gasteiger partial charge in [-0.25, -0.2) is 0 Å². The zero-order chi connectivity index (χ0) is 37.4. The Bertz CT molecular complexity index is 1080. The summed E-state index contributed by atoms with van der Waals surface area (Å²) in [6, 6.07) is 10.9. The summed E-state index contributed by atoms with van der Waals surface area (Å²) >= 11 is 0. The van der Waals surface area contributed by atoms with E-state index in [0.717, 1.165) is 104 Å². The summed E-state index contributed by atoms with van der Waals surface area (Å²) in [7, 11) is 2.28. The fourth-order valence-corrected chi connectivity index (χ4v) is 11.3. The first-order valence-electron chi connectivity index (χ1n) is 21.9. The maximum atomic E-state index is 7.18. The van der Waals surface area contributed by atoms with Gasteiger partial charge in [-0.3, -0.25) is 0 Å². The summed E-state index contributed by atoms with van der Waals surface area (Å²) in [4.78, 5) is 2.50. The van der Waals surface area contributed by atoms with Crippen molar-refractivity contribution in [2.75, 3.05) is 53.0 Å². The van der Waals surface area contributed by atoms with Crippen molar-refractivity contribution in [3.05, 3.63) is 35.9 Å². The van der Waals surface area contributed by atoms with Gasteiger partial charge in [0.2, 0.25) is 0 Å². The Morgan fingerprint density at radius 3 is 2.06 bits per heavy atom. The molecule has 0 amide bonds. The summed E-state index contributed by atoms with van der Waals surface area (Å²) in [5.41, 5.74) is 19.4. The molecule has 3 saturated carbocycles. The number of unbranched alkanes of at least 4 members (excludes halogenated alkanes) is 3. The smallest absolute Gasteiger partial charge is 0.0637 e. The molecule has 0 spiro atoms. The normalized spacial score (nSPS) is 31.9. The highest BCUT2D eigenvalue weighted by Gasteiger charge is 2.63. The Hall–Kier alpha value is -1.06. The molecule has 7 nitrogen and oxygen atoms in total. The minimum Gasteiger partial charge on any atom is -0.378 e. The second-order valence-electron chi connectivity index (χ2n) is 17.8. The van der Waals surface area contributed by atoms with E-state index in [4.69, 9.17) is 31.4 Å². The lowest BCUT2D eigenvalue weighted by atomic mass is 9.48. The predicted octanol–water partition coefficient (Wildman–Crippen LogP) is 8.57. The van der Waals surface area contributed by atoms with Crippen molar-refractivity contribution in [3.63, 3.8) is 0 Å². The lowest BCUT2D eigenvalue weighted by Crippen LogP contribution is -2.59. The van der Waals surface area contributed by atoms with Gasteiger partial charge < -0.3 is 36.3 Å². The van der Waals surface area contributed by atoms with E-state index < -0.39 is 0 Å². The van der Waals surface area contributed by atoms with Crippen molar-refractivity contribution in [1.29, 1.82) is 0 Å². The Morgan fingerprint density at radius 2 is 1.42 bits per heavy atom. The van der Waals surface area contributed by atoms with E-state index in [1.165, 1.54) is 56.9 Å². The molecule has 0 saturated heterocycles. The number of nitrogens with zero attached hydrogens (tertiary/aromatic N) is 1. The summed E-state index contributed by atoms with van der Waals surface area (Å²) < 4.78 is 20.6. The van der Waals surface area contributed by atoms with Gasteiger partial charge in [-0.1, -0.05) is 58.0 Å². The Morgan fingerprint density at radius 1 is 0.788 bits per heavy atom.